The van der Waals surface area contributed by atoms with Gasteiger partial charge >= 0.3 is 0 Å². The van der Waals surface area contributed by atoms with Gasteiger partial charge in [0.1, 0.15) is 17.4 Å². The van der Waals surface area contributed by atoms with E-state index >= 15 is 0 Å². The second-order valence-electron chi connectivity index (χ2n) is 4.87. The molecule has 0 aliphatic carbocycles. The van der Waals surface area contributed by atoms with Crippen LogP contribution in [0.3, 0.4) is 0 Å². The predicted molar refractivity (Wildman–Crippen MR) is 90.9 cm³/mol. The van der Waals surface area contributed by atoms with E-state index in [0.29, 0.717) is 17.0 Å². The van der Waals surface area contributed by atoms with Gasteiger partial charge in [-0.3, -0.25) is 0 Å². The number of aromatic nitrogens is 4. The number of halogens is 1. The van der Waals surface area contributed by atoms with E-state index in [1.807, 2.05) is 24.3 Å². The van der Waals surface area contributed by atoms with Crippen LogP contribution in [-0.2, 0) is 4.74 Å². The zero-order valence-electron chi connectivity index (χ0n) is 12.1. The molecule has 0 amide bonds. The highest BCUT2D eigenvalue weighted by atomic mass is 127. The first-order chi connectivity index (χ1) is 11.0. The van der Waals surface area contributed by atoms with E-state index in [2.05, 4.69) is 44.2 Å². The molecule has 1 aromatic heterocycles. The normalized spacial score (nSPS) is 17.9. The van der Waals surface area contributed by atoms with Gasteiger partial charge in [-0.2, -0.15) is 9.94 Å². The fourth-order valence-corrected chi connectivity index (χ4v) is 3.09. The van der Waals surface area contributed by atoms with Crippen molar-refractivity contribution < 1.29 is 4.74 Å². The fraction of sp³-hybridized carbons (Fsp3) is 0.143. The Balaban J connectivity index is 2.25. The summed E-state index contributed by atoms with van der Waals surface area (Å²) in [5.41, 5.74) is 13.5. The molecule has 1 aliphatic rings. The standard InChI is InChI=1S/C14H12IN7O/c1-7-12(22-14(18)19-20-21-22)11(10(6-16)13(17)23-7)8-3-2-4-9(15)5-8/h2-5,11H,17H2,1H3,(H2,18,19,21)/t11-/m0/s1. The number of allylic oxidation sites excluding steroid dienone is 3. The molecule has 8 nitrogen and oxygen atoms in total. The number of hydrogen-bond acceptors (Lipinski definition) is 7. The van der Waals surface area contributed by atoms with Gasteiger partial charge in [0.2, 0.25) is 11.8 Å². The van der Waals surface area contributed by atoms with Gasteiger partial charge < -0.3 is 16.2 Å². The van der Waals surface area contributed by atoms with Gasteiger partial charge in [-0.1, -0.05) is 17.2 Å². The highest BCUT2D eigenvalue weighted by Crippen LogP contribution is 2.41. The Kier molecular flexibility index (Phi) is 3.91. The quantitative estimate of drug-likeness (QED) is 0.704. The average molecular weight is 421 g/mol. The first-order valence-electron chi connectivity index (χ1n) is 6.61. The second-order valence-corrected chi connectivity index (χ2v) is 6.12. The summed E-state index contributed by atoms with van der Waals surface area (Å²) in [6.07, 6.45) is 0. The third kappa shape index (κ3) is 2.61. The summed E-state index contributed by atoms with van der Waals surface area (Å²) in [5, 5.41) is 20.7. The van der Waals surface area contributed by atoms with E-state index in [4.69, 9.17) is 16.2 Å². The van der Waals surface area contributed by atoms with Crippen LogP contribution < -0.4 is 11.5 Å². The van der Waals surface area contributed by atoms with Crippen molar-refractivity contribution in [2.45, 2.75) is 12.8 Å². The van der Waals surface area contributed by atoms with Gasteiger partial charge in [0.25, 0.3) is 0 Å². The highest BCUT2D eigenvalue weighted by molar-refractivity contribution is 14.1. The number of rotatable bonds is 2. The van der Waals surface area contributed by atoms with E-state index in [0.717, 1.165) is 9.13 Å². The van der Waals surface area contributed by atoms with Gasteiger partial charge in [-0.25, -0.2) is 0 Å². The third-order valence-corrected chi connectivity index (χ3v) is 4.15. The van der Waals surface area contributed by atoms with Crippen molar-refractivity contribution in [2.75, 3.05) is 5.73 Å². The van der Waals surface area contributed by atoms with Crippen LogP contribution in [0.2, 0.25) is 0 Å². The highest BCUT2D eigenvalue weighted by Gasteiger charge is 2.34. The molecule has 0 unspecified atom stereocenters. The minimum absolute atomic E-state index is 0.0734. The SMILES string of the molecule is CC1=C(n2nnnc2N)[C@@H](c2cccc(I)c2)C(C#N)=C(N)O1. The smallest absolute Gasteiger partial charge is 0.244 e. The molecule has 4 N–H and O–H groups in total. The molecule has 0 spiro atoms. The Labute approximate surface area is 145 Å². The molecule has 2 aromatic rings. The van der Waals surface area contributed by atoms with Crippen LogP contribution in [0.1, 0.15) is 18.4 Å². The van der Waals surface area contributed by atoms with E-state index < -0.39 is 5.92 Å². The number of hydrogen-bond donors (Lipinski definition) is 2. The summed E-state index contributed by atoms with van der Waals surface area (Å²) in [4.78, 5) is 0. The Morgan fingerprint density at radius 2 is 2.17 bits per heavy atom. The summed E-state index contributed by atoms with van der Waals surface area (Å²) < 4.78 is 7.90. The van der Waals surface area contributed by atoms with Gasteiger partial charge in [0, 0.05) is 3.57 Å². The average Bonchev–Trinajstić information content (AvgIpc) is 2.92. The number of nitriles is 1. The van der Waals surface area contributed by atoms with Crippen molar-refractivity contribution in [3.63, 3.8) is 0 Å². The van der Waals surface area contributed by atoms with Crippen molar-refractivity contribution in [3.8, 4) is 6.07 Å². The molecular formula is C14H12IN7O. The van der Waals surface area contributed by atoms with E-state index in [1.54, 1.807) is 6.92 Å². The molecule has 116 valence electrons. The Hall–Kier alpha value is -2.61. The van der Waals surface area contributed by atoms with Crippen LogP contribution in [0.25, 0.3) is 5.70 Å². The van der Waals surface area contributed by atoms with Crippen molar-refractivity contribution in [3.05, 3.63) is 50.6 Å². The zero-order chi connectivity index (χ0) is 16.6. The maximum atomic E-state index is 9.55. The molecule has 0 saturated carbocycles. The van der Waals surface area contributed by atoms with E-state index in [1.165, 1.54) is 4.68 Å². The number of ether oxygens (including phenoxy) is 1. The zero-order valence-corrected chi connectivity index (χ0v) is 14.2. The van der Waals surface area contributed by atoms with Gasteiger partial charge in [0.15, 0.2) is 0 Å². The minimum Gasteiger partial charge on any atom is -0.443 e. The van der Waals surface area contributed by atoms with Crippen LogP contribution in [0.15, 0.2) is 41.5 Å². The molecule has 1 atom stereocenters. The summed E-state index contributed by atoms with van der Waals surface area (Å²) in [6.45, 7) is 1.73. The molecule has 3 rings (SSSR count). The second kappa shape index (κ2) is 5.88. The monoisotopic (exact) mass is 421 g/mol. The van der Waals surface area contributed by atoms with Crippen LogP contribution in [0.4, 0.5) is 5.95 Å². The number of nitrogens with zero attached hydrogens (tertiary/aromatic N) is 5. The Bertz CT molecular complexity index is 877. The topological polar surface area (TPSA) is 129 Å². The molecule has 1 aromatic carbocycles. The van der Waals surface area contributed by atoms with Gasteiger partial charge in [0.05, 0.1) is 11.6 Å². The van der Waals surface area contributed by atoms with Crippen LogP contribution in [-0.4, -0.2) is 20.2 Å². The summed E-state index contributed by atoms with van der Waals surface area (Å²) in [5.74, 6) is 0.208. The number of anilines is 1. The predicted octanol–water partition coefficient (Wildman–Crippen LogP) is 1.56. The molecule has 0 bridgehead atoms. The Morgan fingerprint density at radius 3 is 2.78 bits per heavy atom. The Morgan fingerprint density at radius 1 is 1.39 bits per heavy atom. The number of tetrazole rings is 1. The van der Waals surface area contributed by atoms with Gasteiger partial charge in [-0.15, -0.1) is 0 Å². The maximum absolute atomic E-state index is 9.55. The number of nitrogens with two attached hydrogens (primary N) is 2. The minimum atomic E-state index is -0.464. The molecule has 0 saturated heterocycles. The summed E-state index contributed by atoms with van der Waals surface area (Å²) >= 11 is 2.21. The molecule has 2 heterocycles. The first kappa shape index (κ1) is 15.3. The first-order valence-corrected chi connectivity index (χ1v) is 7.69. The molecule has 0 radical (unpaired) electrons. The third-order valence-electron chi connectivity index (χ3n) is 3.48. The van der Waals surface area contributed by atoms with Crippen LogP contribution >= 0.6 is 22.6 Å². The number of nitrogen functional groups attached to an aromatic ring is 1. The summed E-state index contributed by atoms with van der Waals surface area (Å²) in [6, 6.07) is 9.88. The molecule has 1 aliphatic heterocycles. The van der Waals surface area contributed by atoms with Crippen LogP contribution in [0, 0.1) is 14.9 Å². The summed E-state index contributed by atoms with van der Waals surface area (Å²) in [7, 11) is 0. The fourth-order valence-electron chi connectivity index (χ4n) is 2.52. The van der Waals surface area contributed by atoms with Crippen LogP contribution in [0.5, 0.6) is 0 Å². The lowest BCUT2D eigenvalue weighted by Crippen LogP contribution is -2.23. The van der Waals surface area contributed by atoms with Gasteiger partial charge in [-0.05, 0) is 57.6 Å². The van der Waals surface area contributed by atoms with Crippen molar-refractivity contribution >= 4 is 34.2 Å². The van der Waals surface area contributed by atoms with E-state index in [9.17, 15) is 5.26 Å². The van der Waals surface area contributed by atoms with Crippen molar-refractivity contribution in [1.82, 2.24) is 20.2 Å². The largest absolute Gasteiger partial charge is 0.443 e. The lowest BCUT2D eigenvalue weighted by Gasteiger charge is -2.27. The van der Waals surface area contributed by atoms with Crippen molar-refractivity contribution in [2.24, 2.45) is 5.73 Å². The molecule has 23 heavy (non-hydrogen) atoms. The van der Waals surface area contributed by atoms with Crippen molar-refractivity contribution in [1.29, 1.82) is 5.26 Å². The molecular weight excluding hydrogens is 409 g/mol. The lowest BCUT2D eigenvalue weighted by atomic mass is 9.87. The molecule has 0 fully saturated rings. The number of benzene rings is 1. The lowest BCUT2D eigenvalue weighted by molar-refractivity contribution is 0.287. The van der Waals surface area contributed by atoms with E-state index in [-0.39, 0.29) is 11.8 Å². The maximum Gasteiger partial charge on any atom is 0.244 e. The molecule has 9 heteroatoms.